The fourth-order valence-corrected chi connectivity index (χ4v) is 3.03. The molecule has 0 spiro atoms. The lowest BCUT2D eigenvalue weighted by Crippen LogP contribution is -2.30. The Bertz CT molecular complexity index is 1150. The zero-order valence-corrected chi connectivity index (χ0v) is 19.1. The van der Waals surface area contributed by atoms with Gasteiger partial charge in [-0.15, -0.1) is 0 Å². The van der Waals surface area contributed by atoms with Gasteiger partial charge in [0, 0.05) is 11.1 Å². The Kier molecular flexibility index (Phi) is 8.11. The summed E-state index contributed by atoms with van der Waals surface area (Å²) in [6.07, 6.45) is 3.19. The summed E-state index contributed by atoms with van der Waals surface area (Å²) in [7, 11) is 0. The number of rotatable bonds is 10. The molecule has 3 rings (SSSR count). The molecule has 0 bridgehead atoms. The van der Waals surface area contributed by atoms with E-state index in [1.165, 1.54) is 19.9 Å². The second-order valence-electron chi connectivity index (χ2n) is 8.08. The molecule has 34 heavy (non-hydrogen) atoms. The molecule has 0 atom stereocenters. The minimum Gasteiger partial charge on any atom is -0.490 e. The van der Waals surface area contributed by atoms with Crippen LogP contribution in [0.4, 0.5) is 0 Å². The van der Waals surface area contributed by atoms with Crippen molar-refractivity contribution in [3.63, 3.8) is 0 Å². The van der Waals surface area contributed by atoms with E-state index in [9.17, 15) is 19.5 Å². The summed E-state index contributed by atoms with van der Waals surface area (Å²) in [6.45, 7) is 3.07. The standard InChI is InChI=1S/C28H26O6/c1-28(2,32)26(30)22-13-15-24(16-14-22)33-18-19-34-27(31)23-11-8-20(9-12-23)10-17-25(29)21-6-4-3-5-7-21/h3-17,32H,18-19H2,1-2H3/b17-10+. The van der Waals surface area contributed by atoms with Crippen LogP contribution in [0.25, 0.3) is 6.08 Å². The van der Waals surface area contributed by atoms with E-state index in [0.29, 0.717) is 22.4 Å². The molecule has 0 heterocycles. The predicted octanol–water partition coefficient (Wildman–Crippen LogP) is 4.77. The molecule has 1 N–H and O–H groups in total. The van der Waals surface area contributed by atoms with E-state index in [1.807, 2.05) is 18.2 Å². The summed E-state index contributed by atoms with van der Waals surface area (Å²) in [6, 6.07) is 22.1. The van der Waals surface area contributed by atoms with Gasteiger partial charge in [-0.1, -0.05) is 48.5 Å². The third-order valence-electron chi connectivity index (χ3n) is 4.89. The number of aliphatic hydroxyl groups is 1. The van der Waals surface area contributed by atoms with Crippen molar-refractivity contribution >= 4 is 23.6 Å². The van der Waals surface area contributed by atoms with Crippen LogP contribution in [0.5, 0.6) is 5.75 Å². The average molecular weight is 459 g/mol. The maximum Gasteiger partial charge on any atom is 0.338 e. The molecule has 0 aliphatic heterocycles. The summed E-state index contributed by atoms with van der Waals surface area (Å²) in [5.41, 5.74) is 0.732. The van der Waals surface area contributed by atoms with Crippen LogP contribution in [0, 0.1) is 0 Å². The monoisotopic (exact) mass is 458 g/mol. The molecule has 0 fully saturated rings. The zero-order valence-electron chi connectivity index (χ0n) is 19.1. The van der Waals surface area contributed by atoms with Crippen LogP contribution in [0.2, 0.25) is 0 Å². The number of carbonyl (C=O) groups excluding carboxylic acids is 3. The van der Waals surface area contributed by atoms with Gasteiger partial charge in [-0.25, -0.2) is 4.79 Å². The summed E-state index contributed by atoms with van der Waals surface area (Å²) in [5.74, 6) is -0.435. The third-order valence-corrected chi connectivity index (χ3v) is 4.89. The first kappa shape index (κ1) is 24.6. The van der Waals surface area contributed by atoms with Crippen LogP contribution in [0.15, 0.2) is 84.9 Å². The van der Waals surface area contributed by atoms with Crippen LogP contribution in [0.3, 0.4) is 0 Å². The van der Waals surface area contributed by atoms with E-state index in [1.54, 1.807) is 66.7 Å². The number of hydrogen-bond acceptors (Lipinski definition) is 6. The number of allylic oxidation sites excluding steroid dienone is 1. The summed E-state index contributed by atoms with van der Waals surface area (Å²) < 4.78 is 10.8. The number of ether oxygens (including phenoxy) is 2. The fraction of sp³-hybridized carbons (Fsp3) is 0.179. The molecule has 3 aromatic rings. The molecule has 6 nitrogen and oxygen atoms in total. The molecule has 174 valence electrons. The molecular weight excluding hydrogens is 432 g/mol. The van der Waals surface area contributed by atoms with Gasteiger partial charge < -0.3 is 14.6 Å². The predicted molar refractivity (Wildman–Crippen MR) is 129 cm³/mol. The van der Waals surface area contributed by atoms with E-state index in [-0.39, 0.29) is 24.8 Å². The third kappa shape index (κ3) is 6.98. The SMILES string of the molecule is CC(C)(O)C(=O)c1ccc(OCCOC(=O)c2ccc(/C=C/C(=O)c3ccccc3)cc2)cc1. The molecule has 3 aromatic carbocycles. The van der Waals surface area contributed by atoms with E-state index >= 15 is 0 Å². The highest BCUT2D eigenvalue weighted by molar-refractivity contribution is 6.06. The molecule has 0 radical (unpaired) electrons. The van der Waals surface area contributed by atoms with E-state index < -0.39 is 11.6 Å². The van der Waals surface area contributed by atoms with Crippen molar-refractivity contribution in [1.82, 2.24) is 0 Å². The van der Waals surface area contributed by atoms with Crippen LogP contribution in [-0.4, -0.2) is 41.5 Å². The van der Waals surface area contributed by atoms with Gasteiger partial charge in [-0.2, -0.15) is 0 Å². The van der Waals surface area contributed by atoms with Gasteiger partial charge in [-0.3, -0.25) is 9.59 Å². The van der Waals surface area contributed by atoms with Gasteiger partial charge in [-0.05, 0) is 61.9 Å². The van der Waals surface area contributed by atoms with Crippen LogP contribution in [-0.2, 0) is 4.74 Å². The van der Waals surface area contributed by atoms with E-state index in [0.717, 1.165) is 5.56 Å². The van der Waals surface area contributed by atoms with Crippen LogP contribution >= 0.6 is 0 Å². The summed E-state index contributed by atoms with van der Waals surface area (Å²) in [4.78, 5) is 36.4. The first-order valence-corrected chi connectivity index (χ1v) is 10.8. The van der Waals surface area contributed by atoms with Gasteiger partial charge >= 0.3 is 5.97 Å². The van der Waals surface area contributed by atoms with Crippen molar-refractivity contribution in [1.29, 1.82) is 0 Å². The number of carbonyl (C=O) groups is 3. The van der Waals surface area contributed by atoms with Gasteiger partial charge in [0.2, 0.25) is 0 Å². The normalized spacial score (nSPS) is 11.3. The average Bonchev–Trinajstić information content (AvgIpc) is 2.85. The van der Waals surface area contributed by atoms with E-state index in [2.05, 4.69) is 0 Å². The quantitative estimate of drug-likeness (QED) is 0.204. The van der Waals surface area contributed by atoms with Crippen molar-refractivity contribution in [2.45, 2.75) is 19.4 Å². The number of hydrogen-bond donors (Lipinski definition) is 1. The van der Waals surface area contributed by atoms with Crippen molar-refractivity contribution < 1.29 is 29.0 Å². The Hall–Kier alpha value is -4.03. The Morgan fingerprint density at radius 2 is 1.41 bits per heavy atom. The topological polar surface area (TPSA) is 89.9 Å². The van der Waals surface area contributed by atoms with Gasteiger partial charge in [0.05, 0.1) is 5.56 Å². The second kappa shape index (κ2) is 11.2. The minimum atomic E-state index is -1.44. The molecule has 0 amide bonds. The van der Waals surface area contributed by atoms with Crippen molar-refractivity contribution in [2.75, 3.05) is 13.2 Å². The Labute approximate surface area is 198 Å². The smallest absolute Gasteiger partial charge is 0.338 e. The van der Waals surface area contributed by atoms with E-state index in [4.69, 9.17) is 9.47 Å². The highest BCUT2D eigenvalue weighted by atomic mass is 16.6. The Morgan fingerprint density at radius 3 is 2.03 bits per heavy atom. The van der Waals surface area contributed by atoms with Crippen molar-refractivity contribution in [3.05, 3.63) is 107 Å². The molecule has 6 heteroatoms. The number of ketones is 2. The molecule has 0 saturated heterocycles. The van der Waals surface area contributed by atoms with Gasteiger partial charge in [0.25, 0.3) is 0 Å². The van der Waals surface area contributed by atoms with Crippen LogP contribution in [0.1, 0.15) is 50.5 Å². The molecule has 0 unspecified atom stereocenters. The Balaban J connectivity index is 1.44. The highest BCUT2D eigenvalue weighted by Crippen LogP contribution is 2.17. The second-order valence-corrected chi connectivity index (χ2v) is 8.08. The molecule has 0 saturated carbocycles. The molecular formula is C28H26O6. The summed E-state index contributed by atoms with van der Waals surface area (Å²) in [5, 5.41) is 9.79. The molecule has 0 aromatic heterocycles. The largest absolute Gasteiger partial charge is 0.490 e. The lowest BCUT2D eigenvalue weighted by molar-refractivity contribution is 0.0449. The minimum absolute atomic E-state index is 0.0520. The summed E-state index contributed by atoms with van der Waals surface area (Å²) >= 11 is 0. The number of benzene rings is 3. The maximum atomic E-state index is 12.2. The first-order valence-electron chi connectivity index (χ1n) is 10.8. The fourth-order valence-electron chi connectivity index (χ4n) is 3.03. The van der Waals surface area contributed by atoms with Gasteiger partial charge in [0.15, 0.2) is 11.6 Å². The van der Waals surface area contributed by atoms with Crippen molar-refractivity contribution in [2.24, 2.45) is 0 Å². The lowest BCUT2D eigenvalue weighted by atomic mass is 9.97. The molecule has 0 aliphatic carbocycles. The number of esters is 1. The Morgan fingerprint density at radius 1 is 0.794 bits per heavy atom. The lowest BCUT2D eigenvalue weighted by Gasteiger charge is -2.15. The first-order chi connectivity index (χ1) is 16.2. The molecule has 0 aliphatic rings. The van der Waals surface area contributed by atoms with Gasteiger partial charge in [0.1, 0.15) is 24.6 Å². The highest BCUT2D eigenvalue weighted by Gasteiger charge is 2.24. The zero-order chi connectivity index (χ0) is 24.6. The van der Waals surface area contributed by atoms with Crippen molar-refractivity contribution in [3.8, 4) is 5.75 Å². The maximum absolute atomic E-state index is 12.2. The van der Waals surface area contributed by atoms with Crippen LogP contribution < -0.4 is 4.74 Å². The number of Topliss-reactive ketones (excluding diaryl/α,β-unsaturated/α-hetero) is 1.